The van der Waals surface area contributed by atoms with E-state index < -0.39 is 12.2 Å². The van der Waals surface area contributed by atoms with Crippen molar-refractivity contribution in [2.45, 2.75) is 161 Å². The van der Waals surface area contributed by atoms with E-state index in [-0.39, 0.29) is 31.1 Å². The zero-order valence-electron chi connectivity index (χ0n) is 31.6. The largest absolute Gasteiger partial charge is 0.392 e. The average molecular weight is 710 g/mol. The van der Waals surface area contributed by atoms with Gasteiger partial charge in [-0.05, 0) is 55.5 Å². The zero-order valence-corrected chi connectivity index (χ0v) is 31.6. The molecule has 0 bridgehead atoms. The summed E-state index contributed by atoms with van der Waals surface area (Å²) < 4.78 is 13.4. The van der Waals surface area contributed by atoms with Gasteiger partial charge in [0.2, 0.25) is 11.8 Å². The van der Waals surface area contributed by atoms with Crippen molar-refractivity contribution in [3.8, 4) is 0 Å². The third-order valence-electron chi connectivity index (χ3n) is 9.91. The van der Waals surface area contributed by atoms with Crippen LogP contribution in [0.5, 0.6) is 0 Å². The Morgan fingerprint density at radius 3 is 1.80 bits per heavy atom. The van der Waals surface area contributed by atoms with E-state index >= 15 is 0 Å². The lowest BCUT2D eigenvalue weighted by atomic mass is 9.99. The number of benzene rings is 2. The van der Waals surface area contributed by atoms with E-state index in [2.05, 4.69) is 36.2 Å². The number of aliphatic hydroxyl groups excluding tert-OH is 1. The molecule has 0 radical (unpaired) electrons. The molecule has 1 fully saturated rings. The number of amides is 2. The molecule has 51 heavy (non-hydrogen) atoms. The summed E-state index contributed by atoms with van der Waals surface area (Å²) in [5.74, 6) is -0.419. The van der Waals surface area contributed by atoms with Crippen LogP contribution in [0, 0.1) is 0 Å². The summed E-state index contributed by atoms with van der Waals surface area (Å²) in [6, 6.07) is 16.2. The summed E-state index contributed by atoms with van der Waals surface area (Å²) in [6.45, 7) is 8.08. The lowest BCUT2D eigenvalue weighted by Crippen LogP contribution is -2.40. The fourth-order valence-corrected chi connectivity index (χ4v) is 6.73. The van der Waals surface area contributed by atoms with E-state index in [0.717, 1.165) is 54.7 Å². The van der Waals surface area contributed by atoms with E-state index in [4.69, 9.17) is 14.7 Å². The Labute approximate surface area is 307 Å². The highest BCUT2D eigenvalue weighted by molar-refractivity contribution is 5.76. The van der Waals surface area contributed by atoms with Gasteiger partial charge in [-0.1, -0.05) is 133 Å². The molecule has 0 unspecified atom stereocenters. The van der Waals surface area contributed by atoms with Crippen molar-refractivity contribution in [2.24, 2.45) is 0 Å². The molecule has 1 heterocycles. The van der Waals surface area contributed by atoms with Gasteiger partial charge in [0.25, 0.3) is 0 Å². The first-order chi connectivity index (χ1) is 24.9. The van der Waals surface area contributed by atoms with Gasteiger partial charge >= 0.3 is 0 Å². The van der Waals surface area contributed by atoms with Crippen molar-refractivity contribution >= 4 is 11.8 Å². The highest BCUT2D eigenvalue weighted by Gasteiger charge is 2.33. The Morgan fingerprint density at radius 1 is 0.686 bits per heavy atom. The van der Waals surface area contributed by atoms with E-state index in [1.807, 2.05) is 36.4 Å². The summed E-state index contributed by atoms with van der Waals surface area (Å²) in [4.78, 5) is 26.1. The Balaban J connectivity index is 1.62. The molecule has 3 rings (SSSR count). The van der Waals surface area contributed by atoms with Crippen molar-refractivity contribution in [2.75, 3.05) is 19.6 Å². The van der Waals surface area contributed by atoms with Crippen LogP contribution in [-0.2, 0) is 32.2 Å². The van der Waals surface area contributed by atoms with Crippen LogP contribution >= 0.6 is 0 Å². The lowest BCUT2D eigenvalue weighted by molar-refractivity contribution is -0.253. The molecule has 9 heteroatoms. The molecule has 2 aromatic rings. The van der Waals surface area contributed by atoms with Crippen LogP contribution < -0.4 is 10.8 Å². The van der Waals surface area contributed by atoms with E-state index in [1.54, 1.807) is 5.48 Å². The molecule has 9 nitrogen and oxygen atoms in total. The van der Waals surface area contributed by atoms with Crippen LogP contribution in [0.1, 0.15) is 164 Å². The highest BCUT2D eigenvalue weighted by atomic mass is 16.7. The number of aliphatic hydroxyl groups is 1. The standard InChI is InChI=1S/C42H67N3O6/c1-3-5-7-9-11-16-28-45(29-17-12-10-8-6-4-2)32-38-30-39(36-24-22-35(33-46)23-25-36)51-42(50-38)37-26-20-34(21-27-37)31-43-40(47)18-14-13-15-19-41(48)44-49/h20-27,38-39,42,46,49H,3-19,28-33H2,1-2H3,(H,43,47)(H,44,48)/t38-,39+,42+/m0/s1. The molecule has 2 aromatic carbocycles. The molecule has 0 aliphatic carbocycles. The van der Waals surface area contributed by atoms with Crippen LogP contribution in [0.3, 0.4) is 0 Å². The minimum Gasteiger partial charge on any atom is -0.392 e. The molecule has 2 amide bonds. The highest BCUT2D eigenvalue weighted by Crippen LogP contribution is 2.38. The Morgan fingerprint density at radius 2 is 1.22 bits per heavy atom. The SMILES string of the molecule is CCCCCCCCN(CCCCCCCC)C[C@@H]1C[C@H](c2ccc(CO)cc2)O[C@H](c2ccc(CNC(=O)CCCCCC(=O)NO)cc2)O1. The number of hydroxylamine groups is 1. The molecule has 3 atom stereocenters. The molecule has 0 spiro atoms. The van der Waals surface area contributed by atoms with E-state index in [9.17, 15) is 14.7 Å². The number of hydrogen-bond acceptors (Lipinski definition) is 7. The van der Waals surface area contributed by atoms with Gasteiger partial charge in [-0.3, -0.25) is 14.8 Å². The number of unbranched alkanes of at least 4 members (excludes halogenated alkanes) is 12. The van der Waals surface area contributed by atoms with Crippen LogP contribution in [0.15, 0.2) is 48.5 Å². The smallest absolute Gasteiger partial charge is 0.243 e. The maximum absolute atomic E-state index is 12.4. The predicted octanol–water partition coefficient (Wildman–Crippen LogP) is 8.82. The van der Waals surface area contributed by atoms with Gasteiger partial charge in [-0.15, -0.1) is 0 Å². The molecule has 0 aromatic heterocycles. The first kappa shape index (κ1) is 42.6. The number of nitrogens with one attached hydrogen (secondary N) is 2. The fourth-order valence-electron chi connectivity index (χ4n) is 6.73. The number of rotatable bonds is 27. The second-order valence-corrected chi connectivity index (χ2v) is 14.3. The normalized spacial score (nSPS) is 17.5. The van der Waals surface area contributed by atoms with Crippen molar-refractivity contribution in [3.05, 3.63) is 70.8 Å². The average Bonchev–Trinajstić information content (AvgIpc) is 3.16. The second-order valence-electron chi connectivity index (χ2n) is 14.3. The molecule has 0 saturated carbocycles. The van der Waals surface area contributed by atoms with Gasteiger partial charge in [0, 0.05) is 37.9 Å². The van der Waals surface area contributed by atoms with Crippen molar-refractivity contribution in [1.82, 2.24) is 15.7 Å². The second kappa shape index (κ2) is 26.0. The van der Waals surface area contributed by atoms with Gasteiger partial charge in [0.1, 0.15) is 0 Å². The van der Waals surface area contributed by atoms with Gasteiger partial charge in [-0.2, -0.15) is 0 Å². The predicted molar refractivity (Wildman–Crippen MR) is 203 cm³/mol. The molecular weight excluding hydrogens is 642 g/mol. The maximum Gasteiger partial charge on any atom is 0.243 e. The van der Waals surface area contributed by atoms with E-state index in [0.29, 0.717) is 25.8 Å². The summed E-state index contributed by atoms with van der Waals surface area (Å²) in [5.41, 5.74) is 5.57. The molecule has 1 aliphatic rings. The van der Waals surface area contributed by atoms with E-state index in [1.165, 1.54) is 77.0 Å². The molecule has 1 aliphatic heterocycles. The topological polar surface area (TPSA) is 120 Å². The van der Waals surface area contributed by atoms with Crippen molar-refractivity contribution < 1.29 is 29.4 Å². The first-order valence-electron chi connectivity index (χ1n) is 20.0. The Kier molecular flexibility index (Phi) is 21.7. The molecule has 286 valence electrons. The first-order valence-corrected chi connectivity index (χ1v) is 20.0. The summed E-state index contributed by atoms with van der Waals surface area (Å²) >= 11 is 0. The Bertz CT molecular complexity index is 1190. The molecule has 1 saturated heterocycles. The zero-order chi connectivity index (χ0) is 36.5. The number of ether oxygens (including phenoxy) is 2. The van der Waals surface area contributed by atoms with Gasteiger partial charge in [0.05, 0.1) is 18.8 Å². The summed E-state index contributed by atoms with van der Waals surface area (Å²) in [7, 11) is 0. The maximum atomic E-state index is 12.4. The van der Waals surface area contributed by atoms with Crippen LogP contribution in [0.2, 0.25) is 0 Å². The van der Waals surface area contributed by atoms with Gasteiger partial charge in [-0.25, -0.2) is 5.48 Å². The third-order valence-corrected chi connectivity index (χ3v) is 9.91. The fraction of sp³-hybridized carbons (Fsp3) is 0.667. The van der Waals surface area contributed by atoms with Crippen LogP contribution in [0.25, 0.3) is 0 Å². The molecular formula is C42H67N3O6. The number of nitrogens with zero attached hydrogens (tertiary/aromatic N) is 1. The van der Waals surface area contributed by atoms with Crippen molar-refractivity contribution in [3.63, 3.8) is 0 Å². The monoisotopic (exact) mass is 710 g/mol. The Hall–Kier alpha value is -2.82. The quantitative estimate of drug-likeness (QED) is 0.0416. The minimum atomic E-state index is -0.507. The van der Waals surface area contributed by atoms with Crippen LogP contribution in [-0.4, -0.2) is 52.8 Å². The van der Waals surface area contributed by atoms with Crippen LogP contribution in [0.4, 0.5) is 0 Å². The number of carbonyl (C=O) groups excluding carboxylic acids is 2. The minimum absolute atomic E-state index is 0.0171. The summed E-state index contributed by atoms with van der Waals surface area (Å²) in [5, 5.41) is 21.2. The lowest BCUT2D eigenvalue weighted by Gasteiger charge is -2.38. The molecule has 4 N–H and O–H groups in total. The van der Waals surface area contributed by atoms with Crippen molar-refractivity contribution in [1.29, 1.82) is 0 Å². The summed E-state index contributed by atoms with van der Waals surface area (Å²) in [6.07, 6.45) is 18.4. The third kappa shape index (κ3) is 17.5. The number of hydrogen-bond donors (Lipinski definition) is 4. The number of carbonyl (C=O) groups is 2. The van der Waals surface area contributed by atoms with Gasteiger partial charge in [0.15, 0.2) is 6.29 Å². The van der Waals surface area contributed by atoms with Gasteiger partial charge < -0.3 is 24.8 Å².